The number of hydrogen-bond acceptors (Lipinski definition) is 5. The highest BCUT2D eigenvalue weighted by Gasteiger charge is 2.17. The topological polar surface area (TPSA) is 90.1 Å². The molecule has 3 aromatic rings. The molecule has 3 rings (SSSR count). The summed E-state index contributed by atoms with van der Waals surface area (Å²) in [4.78, 5) is 20.5. The number of halogens is 1. The number of rotatable bonds is 7. The Labute approximate surface area is 162 Å². The number of primary amides is 1. The molecule has 1 aromatic heterocycles. The molecule has 1 heterocycles. The zero-order valence-corrected chi connectivity index (χ0v) is 16.0. The molecule has 7 heteroatoms. The number of anilines is 1. The van der Waals surface area contributed by atoms with Crippen LogP contribution in [0.25, 0.3) is 10.9 Å². The first-order valence-corrected chi connectivity index (χ1v) is 9.05. The lowest BCUT2D eigenvalue weighted by atomic mass is 10.0. The van der Waals surface area contributed by atoms with Crippen molar-refractivity contribution in [1.82, 2.24) is 9.97 Å². The van der Waals surface area contributed by atoms with Crippen molar-refractivity contribution in [3.8, 4) is 5.75 Å². The molecule has 1 atom stereocenters. The van der Waals surface area contributed by atoms with E-state index in [4.69, 9.17) is 22.1 Å². The molecule has 0 fully saturated rings. The summed E-state index contributed by atoms with van der Waals surface area (Å²) < 4.78 is 5.31. The summed E-state index contributed by atoms with van der Waals surface area (Å²) >= 11 is 6.16. The maximum atomic E-state index is 11.8. The number of nitrogens with one attached hydrogen (secondary N) is 1. The van der Waals surface area contributed by atoms with Crippen LogP contribution in [0.4, 0.5) is 5.82 Å². The highest BCUT2D eigenvalue weighted by Crippen LogP contribution is 2.31. The van der Waals surface area contributed by atoms with Gasteiger partial charge in [-0.05, 0) is 36.2 Å². The van der Waals surface area contributed by atoms with E-state index >= 15 is 0 Å². The first-order valence-electron chi connectivity index (χ1n) is 8.68. The lowest BCUT2D eigenvalue weighted by Gasteiger charge is -2.21. The highest BCUT2D eigenvalue weighted by atomic mass is 35.5. The second-order valence-corrected chi connectivity index (χ2v) is 6.63. The number of hydrogen-bond donors (Lipinski definition) is 2. The van der Waals surface area contributed by atoms with Crippen LogP contribution in [0.15, 0.2) is 42.7 Å². The number of benzene rings is 2. The Morgan fingerprint density at radius 2 is 2.11 bits per heavy atom. The van der Waals surface area contributed by atoms with Crippen molar-refractivity contribution < 1.29 is 9.53 Å². The van der Waals surface area contributed by atoms with E-state index in [9.17, 15) is 4.79 Å². The van der Waals surface area contributed by atoms with E-state index in [1.807, 2.05) is 24.3 Å². The molecule has 0 spiro atoms. The monoisotopic (exact) mass is 384 g/mol. The number of methoxy groups -OCH3 is 1. The molecule has 140 valence electrons. The van der Waals surface area contributed by atoms with Crippen LogP contribution in [0, 0.1) is 0 Å². The molecule has 0 aliphatic carbocycles. The third-order valence-corrected chi connectivity index (χ3v) is 4.59. The lowest BCUT2D eigenvalue weighted by molar-refractivity contribution is 0.100. The van der Waals surface area contributed by atoms with Crippen molar-refractivity contribution >= 4 is 34.2 Å². The Morgan fingerprint density at radius 1 is 1.30 bits per heavy atom. The largest absolute Gasteiger partial charge is 0.497 e. The third kappa shape index (κ3) is 4.11. The molecule has 2 aromatic carbocycles. The Bertz CT molecular complexity index is 977. The van der Waals surface area contributed by atoms with Crippen LogP contribution >= 0.6 is 11.6 Å². The molecular weight excluding hydrogens is 364 g/mol. The van der Waals surface area contributed by atoms with Crippen LogP contribution in [0.2, 0.25) is 5.02 Å². The first kappa shape index (κ1) is 18.9. The summed E-state index contributed by atoms with van der Waals surface area (Å²) in [5.74, 6) is 0.562. The third-order valence-electron chi connectivity index (χ3n) is 4.35. The summed E-state index contributed by atoms with van der Waals surface area (Å²) in [6, 6.07) is 11.1. The van der Waals surface area contributed by atoms with Crippen molar-refractivity contribution in [2.75, 3.05) is 12.4 Å². The highest BCUT2D eigenvalue weighted by molar-refractivity contribution is 6.30. The van der Waals surface area contributed by atoms with E-state index in [0.29, 0.717) is 33.1 Å². The van der Waals surface area contributed by atoms with Crippen LogP contribution in [0.5, 0.6) is 5.75 Å². The average Bonchev–Trinajstić information content (AvgIpc) is 2.67. The molecule has 6 nitrogen and oxygen atoms in total. The van der Waals surface area contributed by atoms with Gasteiger partial charge in [0, 0.05) is 10.4 Å². The molecule has 0 radical (unpaired) electrons. The number of fused-ring (bicyclic) bond motifs is 1. The SMILES string of the molecule is CCC[C@@H](Nc1ncnc2c(C(N)=O)cc(OC)cc12)c1cccc(Cl)c1. The minimum absolute atomic E-state index is 0.00929. The molecule has 27 heavy (non-hydrogen) atoms. The van der Waals surface area contributed by atoms with E-state index < -0.39 is 5.91 Å². The van der Waals surface area contributed by atoms with Gasteiger partial charge in [-0.15, -0.1) is 0 Å². The molecule has 3 N–H and O–H groups in total. The second kappa shape index (κ2) is 8.22. The van der Waals surface area contributed by atoms with Crippen molar-refractivity contribution in [3.63, 3.8) is 0 Å². The standard InChI is InChI=1S/C20H21ClN4O2/c1-3-5-17(12-6-4-7-13(21)8-12)25-20-16-10-14(27-2)9-15(19(22)26)18(16)23-11-24-20/h4,6-11,17H,3,5H2,1-2H3,(H2,22,26)(H,23,24,25)/t17-/m1/s1. The molecule has 1 amide bonds. The molecule has 0 saturated carbocycles. The average molecular weight is 385 g/mol. The number of amides is 1. The van der Waals surface area contributed by atoms with Crippen LogP contribution < -0.4 is 15.8 Å². The number of nitrogens with two attached hydrogens (primary N) is 1. The molecule has 0 aliphatic rings. The summed E-state index contributed by atoms with van der Waals surface area (Å²) in [5.41, 5.74) is 7.37. The van der Waals surface area contributed by atoms with Gasteiger partial charge in [0.15, 0.2) is 0 Å². The van der Waals surface area contributed by atoms with Crippen LogP contribution in [0.3, 0.4) is 0 Å². The van der Waals surface area contributed by atoms with Gasteiger partial charge in [-0.2, -0.15) is 0 Å². The Balaban J connectivity index is 2.09. The minimum Gasteiger partial charge on any atom is -0.497 e. The zero-order chi connectivity index (χ0) is 19.4. The van der Waals surface area contributed by atoms with Gasteiger partial charge < -0.3 is 15.8 Å². The number of nitrogens with zero attached hydrogens (tertiary/aromatic N) is 2. The van der Waals surface area contributed by atoms with Gasteiger partial charge in [-0.3, -0.25) is 4.79 Å². The predicted molar refractivity (Wildman–Crippen MR) is 107 cm³/mol. The normalized spacial score (nSPS) is 12.0. The Kier molecular flexibility index (Phi) is 5.76. The summed E-state index contributed by atoms with van der Waals surface area (Å²) in [6.45, 7) is 2.12. The van der Waals surface area contributed by atoms with Gasteiger partial charge >= 0.3 is 0 Å². The Hall–Kier alpha value is -2.86. The maximum absolute atomic E-state index is 11.8. The van der Waals surface area contributed by atoms with Gasteiger partial charge in [-0.25, -0.2) is 9.97 Å². The van der Waals surface area contributed by atoms with Crippen molar-refractivity contribution in [3.05, 3.63) is 58.9 Å². The van der Waals surface area contributed by atoms with Crippen molar-refractivity contribution in [1.29, 1.82) is 0 Å². The first-order chi connectivity index (χ1) is 13.0. The zero-order valence-electron chi connectivity index (χ0n) is 15.2. The van der Waals surface area contributed by atoms with Gasteiger partial charge in [-0.1, -0.05) is 37.1 Å². The van der Waals surface area contributed by atoms with E-state index in [0.717, 1.165) is 18.4 Å². The summed E-state index contributed by atoms with van der Waals surface area (Å²) in [7, 11) is 1.54. The van der Waals surface area contributed by atoms with E-state index in [2.05, 4.69) is 22.2 Å². The number of carbonyl (C=O) groups excluding carboxylic acids is 1. The summed E-state index contributed by atoms with van der Waals surface area (Å²) in [5, 5.41) is 4.82. The predicted octanol–water partition coefficient (Wildman–Crippen LogP) is 4.34. The molecular formula is C20H21ClN4O2. The van der Waals surface area contributed by atoms with E-state index in [1.54, 1.807) is 12.1 Å². The minimum atomic E-state index is -0.566. The van der Waals surface area contributed by atoms with Gasteiger partial charge in [0.2, 0.25) is 0 Å². The van der Waals surface area contributed by atoms with Crippen molar-refractivity contribution in [2.45, 2.75) is 25.8 Å². The Morgan fingerprint density at radius 3 is 2.78 bits per heavy atom. The van der Waals surface area contributed by atoms with E-state index in [-0.39, 0.29) is 6.04 Å². The second-order valence-electron chi connectivity index (χ2n) is 6.20. The molecule has 0 unspecified atom stereocenters. The molecule has 0 saturated heterocycles. The molecule has 0 aliphatic heterocycles. The van der Waals surface area contributed by atoms with E-state index in [1.165, 1.54) is 13.4 Å². The van der Waals surface area contributed by atoms with Gasteiger partial charge in [0.1, 0.15) is 17.9 Å². The summed E-state index contributed by atoms with van der Waals surface area (Å²) in [6.07, 6.45) is 3.28. The van der Waals surface area contributed by atoms with Crippen LogP contribution in [-0.2, 0) is 0 Å². The molecule has 0 bridgehead atoms. The number of aromatic nitrogens is 2. The van der Waals surface area contributed by atoms with Crippen LogP contribution in [-0.4, -0.2) is 23.0 Å². The maximum Gasteiger partial charge on any atom is 0.251 e. The van der Waals surface area contributed by atoms with Gasteiger partial charge in [0.25, 0.3) is 5.91 Å². The fraction of sp³-hybridized carbons (Fsp3) is 0.250. The van der Waals surface area contributed by atoms with Gasteiger partial charge in [0.05, 0.1) is 24.2 Å². The fourth-order valence-corrected chi connectivity index (χ4v) is 3.26. The number of ether oxygens (including phenoxy) is 1. The smallest absolute Gasteiger partial charge is 0.251 e. The fourth-order valence-electron chi connectivity index (χ4n) is 3.06. The quantitative estimate of drug-likeness (QED) is 0.632. The number of carbonyl (C=O) groups is 1. The van der Waals surface area contributed by atoms with Crippen LogP contribution in [0.1, 0.15) is 41.7 Å². The lowest BCUT2D eigenvalue weighted by Crippen LogP contribution is -2.15. The van der Waals surface area contributed by atoms with Crippen molar-refractivity contribution in [2.24, 2.45) is 5.73 Å².